The smallest absolute Gasteiger partial charge is 0.191 e. The van der Waals surface area contributed by atoms with Gasteiger partial charge in [-0.05, 0) is 19.9 Å². The zero-order chi connectivity index (χ0) is 13.2. The van der Waals surface area contributed by atoms with Gasteiger partial charge < -0.3 is 14.5 Å². The van der Waals surface area contributed by atoms with Crippen molar-refractivity contribution < 1.29 is 0 Å². The first-order valence-corrected chi connectivity index (χ1v) is 7.45. The van der Waals surface area contributed by atoms with Crippen molar-refractivity contribution >= 4 is 11.8 Å². The van der Waals surface area contributed by atoms with E-state index in [1.807, 2.05) is 24.9 Å². The molecular weight excluding hydrogens is 260 g/mol. The van der Waals surface area contributed by atoms with Crippen LogP contribution < -0.4 is 5.32 Å². The van der Waals surface area contributed by atoms with E-state index >= 15 is 0 Å². The zero-order valence-corrected chi connectivity index (χ0v) is 12.0. The van der Waals surface area contributed by atoms with E-state index in [1.54, 1.807) is 11.8 Å². The first-order chi connectivity index (χ1) is 9.29. The summed E-state index contributed by atoms with van der Waals surface area (Å²) in [6.45, 7) is 0.737. The van der Waals surface area contributed by atoms with Gasteiger partial charge in [0, 0.05) is 25.5 Å². The maximum atomic E-state index is 4.44. The molecule has 0 aliphatic heterocycles. The minimum Gasteiger partial charge on any atom is -0.331 e. The Balaban J connectivity index is 1.67. The van der Waals surface area contributed by atoms with Gasteiger partial charge >= 0.3 is 0 Å². The molecule has 0 radical (unpaired) electrons. The average molecular weight is 278 g/mol. The SMILES string of the molecule is CNCc1nnc(SCc2nccn2C2CC2)n1C. The Morgan fingerprint density at radius 1 is 1.37 bits per heavy atom. The Morgan fingerprint density at radius 2 is 2.21 bits per heavy atom. The fraction of sp³-hybridized carbons (Fsp3) is 0.583. The van der Waals surface area contributed by atoms with E-state index in [2.05, 4.69) is 31.3 Å². The molecule has 0 amide bonds. The highest BCUT2D eigenvalue weighted by atomic mass is 32.2. The van der Waals surface area contributed by atoms with Gasteiger partial charge in [-0.1, -0.05) is 11.8 Å². The van der Waals surface area contributed by atoms with Crippen LogP contribution >= 0.6 is 11.8 Å². The largest absolute Gasteiger partial charge is 0.331 e. The van der Waals surface area contributed by atoms with Crippen LogP contribution in [0, 0.1) is 0 Å². The highest BCUT2D eigenvalue weighted by molar-refractivity contribution is 7.98. The van der Waals surface area contributed by atoms with E-state index in [0.29, 0.717) is 6.04 Å². The summed E-state index contributed by atoms with van der Waals surface area (Å²) < 4.78 is 4.32. The van der Waals surface area contributed by atoms with Crippen LogP contribution in [-0.2, 0) is 19.3 Å². The van der Waals surface area contributed by atoms with Crippen molar-refractivity contribution in [3.63, 3.8) is 0 Å². The molecule has 19 heavy (non-hydrogen) atoms. The van der Waals surface area contributed by atoms with Crippen molar-refractivity contribution in [2.24, 2.45) is 7.05 Å². The number of rotatable bonds is 6. The van der Waals surface area contributed by atoms with E-state index in [1.165, 1.54) is 12.8 Å². The third kappa shape index (κ3) is 2.66. The van der Waals surface area contributed by atoms with Crippen LogP contribution in [0.3, 0.4) is 0 Å². The lowest BCUT2D eigenvalue weighted by Gasteiger charge is -2.06. The van der Waals surface area contributed by atoms with Crippen LogP contribution in [0.2, 0.25) is 0 Å². The van der Waals surface area contributed by atoms with E-state index in [4.69, 9.17) is 0 Å². The molecule has 0 aromatic carbocycles. The summed E-state index contributed by atoms with van der Waals surface area (Å²) in [5, 5.41) is 12.4. The highest BCUT2D eigenvalue weighted by Gasteiger charge is 2.25. The van der Waals surface area contributed by atoms with Gasteiger partial charge in [0.05, 0.1) is 12.3 Å². The molecule has 0 saturated heterocycles. The van der Waals surface area contributed by atoms with Gasteiger partial charge in [-0.2, -0.15) is 0 Å². The topological polar surface area (TPSA) is 60.6 Å². The molecule has 1 N–H and O–H groups in total. The monoisotopic (exact) mass is 278 g/mol. The molecule has 2 heterocycles. The summed E-state index contributed by atoms with van der Waals surface area (Å²) in [7, 11) is 3.91. The lowest BCUT2D eigenvalue weighted by Crippen LogP contribution is -2.10. The maximum Gasteiger partial charge on any atom is 0.191 e. The number of imidazole rings is 1. The molecule has 1 aliphatic carbocycles. The molecule has 2 aromatic rings. The molecule has 1 aliphatic rings. The fourth-order valence-corrected chi connectivity index (χ4v) is 2.93. The molecule has 6 nitrogen and oxygen atoms in total. The number of aromatic nitrogens is 5. The van der Waals surface area contributed by atoms with Crippen molar-refractivity contribution in [3.8, 4) is 0 Å². The molecular formula is C12H18N6S. The lowest BCUT2D eigenvalue weighted by molar-refractivity contribution is 0.680. The van der Waals surface area contributed by atoms with Gasteiger partial charge in [0.15, 0.2) is 5.16 Å². The van der Waals surface area contributed by atoms with Crippen LogP contribution in [0.4, 0.5) is 0 Å². The summed E-state index contributed by atoms with van der Waals surface area (Å²) in [4.78, 5) is 4.44. The van der Waals surface area contributed by atoms with Crippen molar-refractivity contribution in [1.29, 1.82) is 0 Å². The van der Waals surface area contributed by atoms with Gasteiger partial charge in [-0.3, -0.25) is 0 Å². The first-order valence-electron chi connectivity index (χ1n) is 6.47. The third-order valence-corrected chi connectivity index (χ3v) is 4.30. The van der Waals surface area contributed by atoms with Crippen LogP contribution in [-0.4, -0.2) is 31.4 Å². The van der Waals surface area contributed by atoms with Crippen molar-refractivity contribution in [2.45, 2.75) is 36.3 Å². The van der Waals surface area contributed by atoms with Gasteiger partial charge in [0.1, 0.15) is 11.6 Å². The van der Waals surface area contributed by atoms with Gasteiger partial charge in [-0.25, -0.2) is 4.98 Å². The van der Waals surface area contributed by atoms with E-state index in [-0.39, 0.29) is 0 Å². The normalized spacial score (nSPS) is 15.1. The van der Waals surface area contributed by atoms with E-state index < -0.39 is 0 Å². The van der Waals surface area contributed by atoms with Crippen molar-refractivity contribution in [1.82, 2.24) is 29.6 Å². The van der Waals surface area contributed by atoms with Crippen LogP contribution in [0.5, 0.6) is 0 Å². The van der Waals surface area contributed by atoms with E-state index in [0.717, 1.165) is 29.1 Å². The number of hydrogen-bond acceptors (Lipinski definition) is 5. The quantitative estimate of drug-likeness (QED) is 0.808. The Morgan fingerprint density at radius 3 is 2.95 bits per heavy atom. The highest BCUT2D eigenvalue weighted by Crippen LogP contribution is 2.36. The third-order valence-electron chi connectivity index (χ3n) is 3.28. The summed E-state index contributed by atoms with van der Waals surface area (Å²) >= 11 is 1.69. The minimum absolute atomic E-state index is 0.678. The zero-order valence-electron chi connectivity index (χ0n) is 11.2. The average Bonchev–Trinajstić information content (AvgIpc) is 3.06. The molecule has 0 spiro atoms. The van der Waals surface area contributed by atoms with Crippen LogP contribution in [0.25, 0.3) is 0 Å². The van der Waals surface area contributed by atoms with E-state index in [9.17, 15) is 0 Å². The minimum atomic E-state index is 0.678. The molecule has 0 bridgehead atoms. The fourth-order valence-electron chi connectivity index (χ4n) is 2.05. The summed E-state index contributed by atoms with van der Waals surface area (Å²) in [6.07, 6.45) is 6.53. The number of hydrogen-bond donors (Lipinski definition) is 1. The number of nitrogens with one attached hydrogen (secondary N) is 1. The van der Waals surface area contributed by atoms with Crippen molar-refractivity contribution in [3.05, 3.63) is 24.0 Å². The molecule has 2 aromatic heterocycles. The predicted molar refractivity (Wildman–Crippen MR) is 73.8 cm³/mol. The molecule has 3 rings (SSSR count). The van der Waals surface area contributed by atoms with Gasteiger partial charge in [0.25, 0.3) is 0 Å². The first kappa shape index (κ1) is 12.7. The summed E-state index contributed by atoms with van der Waals surface area (Å²) in [6, 6.07) is 0.678. The Kier molecular flexibility index (Phi) is 3.56. The Hall–Kier alpha value is -1.34. The molecule has 1 saturated carbocycles. The lowest BCUT2D eigenvalue weighted by atomic mass is 10.6. The summed E-state index contributed by atoms with van der Waals surface area (Å²) in [5.41, 5.74) is 0. The Labute approximate surface area is 116 Å². The number of nitrogens with zero attached hydrogens (tertiary/aromatic N) is 5. The molecule has 0 atom stereocenters. The van der Waals surface area contributed by atoms with Crippen molar-refractivity contribution in [2.75, 3.05) is 7.05 Å². The molecule has 7 heteroatoms. The second kappa shape index (κ2) is 5.34. The standard InChI is InChI=1S/C12H18N6S/c1-13-7-10-15-16-12(17(10)2)19-8-11-14-5-6-18(11)9-3-4-9/h5-6,9,13H,3-4,7-8H2,1-2H3. The summed E-state index contributed by atoms with van der Waals surface area (Å²) in [5.74, 6) is 2.93. The second-order valence-corrected chi connectivity index (χ2v) is 5.70. The second-order valence-electron chi connectivity index (χ2n) is 4.76. The number of thioether (sulfide) groups is 1. The van der Waals surface area contributed by atoms with Gasteiger partial charge in [-0.15, -0.1) is 10.2 Å². The van der Waals surface area contributed by atoms with Crippen LogP contribution in [0.1, 0.15) is 30.5 Å². The van der Waals surface area contributed by atoms with Gasteiger partial charge in [0.2, 0.25) is 0 Å². The maximum absolute atomic E-state index is 4.44. The Bertz CT molecular complexity index is 556. The van der Waals surface area contributed by atoms with Crippen LogP contribution in [0.15, 0.2) is 17.6 Å². The molecule has 102 valence electrons. The molecule has 1 fully saturated rings. The predicted octanol–water partition coefficient (Wildman–Crippen LogP) is 1.36. The molecule has 0 unspecified atom stereocenters.